The number of carbonyl (C=O) groups is 3. The summed E-state index contributed by atoms with van der Waals surface area (Å²) in [4.78, 5) is 35.5. The molecule has 14 heavy (non-hydrogen) atoms. The molecule has 0 rings (SSSR count). The summed E-state index contributed by atoms with van der Waals surface area (Å²) in [6.45, 7) is 0. The van der Waals surface area contributed by atoms with Gasteiger partial charge < -0.3 is 14.2 Å². The summed E-state index contributed by atoms with van der Waals surface area (Å²) in [5.74, 6) is -2.13. The standard InChI is InChI=1S/C7H9NO6/c1-12-5(9)4(6(10)13-2)8-7(11)14-3/h1-3H3. The fourth-order valence-corrected chi connectivity index (χ4v) is 0.505. The fraction of sp³-hybridized carbons (Fsp3) is 0.429. The quantitative estimate of drug-likeness (QED) is 0.261. The van der Waals surface area contributed by atoms with Gasteiger partial charge in [-0.05, 0) is 0 Å². The fourth-order valence-electron chi connectivity index (χ4n) is 0.505. The molecule has 0 aromatic carbocycles. The molecule has 1 amide bonds. The van der Waals surface area contributed by atoms with E-state index in [0.29, 0.717) is 0 Å². The van der Waals surface area contributed by atoms with Gasteiger partial charge in [0.2, 0.25) is 5.71 Å². The SMILES string of the molecule is COC(=O)N=C(C(=O)OC)C(=O)OC. The van der Waals surface area contributed by atoms with Crippen LogP contribution in [0.3, 0.4) is 0 Å². The van der Waals surface area contributed by atoms with Crippen molar-refractivity contribution >= 4 is 23.7 Å². The predicted octanol–water partition coefficient (Wildman–Crippen LogP) is -0.460. The van der Waals surface area contributed by atoms with Crippen molar-refractivity contribution < 1.29 is 28.6 Å². The van der Waals surface area contributed by atoms with Crippen LogP contribution < -0.4 is 0 Å². The van der Waals surface area contributed by atoms with E-state index in [-0.39, 0.29) is 0 Å². The Labute approximate surface area is 79.6 Å². The third-order valence-corrected chi connectivity index (χ3v) is 1.14. The lowest BCUT2D eigenvalue weighted by Crippen LogP contribution is -2.27. The minimum atomic E-state index is -1.09. The Hall–Kier alpha value is -1.92. The second kappa shape index (κ2) is 5.68. The maximum absolute atomic E-state index is 10.9. The highest BCUT2D eigenvalue weighted by molar-refractivity contribution is 6.63. The van der Waals surface area contributed by atoms with Crippen molar-refractivity contribution in [1.82, 2.24) is 0 Å². The van der Waals surface area contributed by atoms with Crippen LogP contribution in [0.1, 0.15) is 0 Å². The van der Waals surface area contributed by atoms with Crippen LogP contribution in [0.4, 0.5) is 4.79 Å². The highest BCUT2D eigenvalue weighted by Gasteiger charge is 2.23. The molecule has 0 heterocycles. The highest BCUT2D eigenvalue weighted by Crippen LogP contribution is 1.91. The van der Waals surface area contributed by atoms with Crippen molar-refractivity contribution in [1.29, 1.82) is 0 Å². The van der Waals surface area contributed by atoms with Crippen LogP contribution in [0.5, 0.6) is 0 Å². The van der Waals surface area contributed by atoms with Gasteiger partial charge in [0, 0.05) is 0 Å². The molecule has 0 aromatic rings. The third-order valence-electron chi connectivity index (χ3n) is 1.14. The van der Waals surface area contributed by atoms with E-state index in [1.165, 1.54) is 0 Å². The van der Waals surface area contributed by atoms with Crippen LogP contribution in [0.2, 0.25) is 0 Å². The van der Waals surface area contributed by atoms with E-state index in [0.717, 1.165) is 21.3 Å². The largest absolute Gasteiger partial charge is 0.464 e. The molecule has 7 heteroatoms. The van der Waals surface area contributed by atoms with E-state index in [4.69, 9.17) is 0 Å². The number of hydrogen-bond acceptors (Lipinski definition) is 6. The first-order chi connectivity index (χ1) is 6.56. The number of hydrogen-bond donors (Lipinski definition) is 0. The Bertz CT molecular complexity index is 264. The summed E-state index contributed by atoms with van der Waals surface area (Å²) >= 11 is 0. The number of aliphatic imine (C=N–C) groups is 1. The second-order valence-electron chi connectivity index (χ2n) is 1.91. The topological polar surface area (TPSA) is 91.3 Å². The molecule has 0 unspecified atom stereocenters. The Morgan fingerprint density at radius 2 is 1.29 bits per heavy atom. The predicted molar refractivity (Wildman–Crippen MR) is 43.9 cm³/mol. The normalized spacial score (nSPS) is 8.50. The molecule has 7 nitrogen and oxygen atoms in total. The summed E-state index contributed by atoms with van der Waals surface area (Å²) in [6.07, 6.45) is -1.09. The molecule has 0 N–H and O–H groups in total. The number of nitrogens with zero attached hydrogens (tertiary/aromatic N) is 1. The molecule has 0 atom stereocenters. The molecular weight excluding hydrogens is 194 g/mol. The first-order valence-electron chi connectivity index (χ1n) is 3.40. The molecular formula is C7H9NO6. The van der Waals surface area contributed by atoms with E-state index < -0.39 is 23.7 Å². The molecule has 0 fully saturated rings. The highest BCUT2D eigenvalue weighted by atomic mass is 16.6. The molecule has 0 aliphatic rings. The van der Waals surface area contributed by atoms with E-state index in [2.05, 4.69) is 19.2 Å². The van der Waals surface area contributed by atoms with Gasteiger partial charge in [0.15, 0.2) is 0 Å². The second-order valence-corrected chi connectivity index (χ2v) is 1.91. The molecule has 0 spiro atoms. The van der Waals surface area contributed by atoms with Crippen LogP contribution in [0.25, 0.3) is 0 Å². The minimum Gasteiger partial charge on any atom is -0.464 e. The van der Waals surface area contributed by atoms with Gasteiger partial charge in [-0.3, -0.25) is 0 Å². The zero-order valence-corrected chi connectivity index (χ0v) is 7.90. The molecule has 0 aliphatic carbocycles. The van der Waals surface area contributed by atoms with Crippen molar-refractivity contribution in [3.63, 3.8) is 0 Å². The van der Waals surface area contributed by atoms with E-state index in [9.17, 15) is 14.4 Å². The average Bonchev–Trinajstić information content (AvgIpc) is 2.23. The zero-order chi connectivity index (χ0) is 11.1. The van der Waals surface area contributed by atoms with Gasteiger partial charge in [0.25, 0.3) is 0 Å². The minimum absolute atomic E-state index is 0.762. The zero-order valence-electron chi connectivity index (χ0n) is 7.90. The maximum atomic E-state index is 10.9. The number of ether oxygens (including phenoxy) is 3. The van der Waals surface area contributed by atoms with Crippen LogP contribution in [-0.2, 0) is 23.8 Å². The lowest BCUT2D eigenvalue weighted by molar-refractivity contribution is -0.138. The van der Waals surface area contributed by atoms with Crippen molar-refractivity contribution in [3.8, 4) is 0 Å². The lowest BCUT2D eigenvalue weighted by Gasteiger charge is -2.00. The van der Waals surface area contributed by atoms with Crippen molar-refractivity contribution in [3.05, 3.63) is 0 Å². The molecule has 0 aromatic heterocycles. The Kier molecular flexibility index (Phi) is 4.90. The van der Waals surface area contributed by atoms with Crippen molar-refractivity contribution in [2.24, 2.45) is 4.99 Å². The van der Waals surface area contributed by atoms with Crippen molar-refractivity contribution in [2.75, 3.05) is 21.3 Å². The maximum Gasteiger partial charge on any atom is 0.434 e. The summed E-state index contributed by atoms with van der Waals surface area (Å²) in [6, 6.07) is 0. The van der Waals surface area contributed by atoms with Gasteiger partial charge in [0.1, 0.15) is 0 Å². The van der Waals surface area contributed by atoms with Gasteiger partial charge >= 0.3 is 18.0 Å². The average molecular weight is 203 g/mol. The molecule has 78 valence electrons. The summed E-state index contributed by atoms with van der Waals surface area (Å²) in [5, 5.41) is 0. The summed E-state index contributed by atoms with van der Waals surface area (Å²) in [7, 11) is 3.13. The van der Waals surface area contributed by atoms with E-state index in [1.54, 1.807) is 0 Å². The number of rotatable bonds is 2. The first kappa shape index (κ1) is 12.1. The van der Waals surface area contributed by atoms with Crippen LogP contribution >= 0.6 is 0 Å². The van der Waals surface area contributed by atoms with Crippen LogP contribution in [0, 0.1) is 0 Å². The first-order valence-corrected chi connectivity index (χ1v) is 3.40. The smallest absolute Gasteiger partial charge is 0.434 e. The van der Waals surface area contributed by atoms with Crippen molar-refractivity contribution in [2.45, 2.75) is 0 Å². The molecule has 0 bridgehead atoms. The Morgan fingerprint density at radius 1 is 0.857 bits per heavy atom. The van der Waals surface area contributed by atoms with Gasteiger partial charge in [-0.25, -0.2) is 14.4 Å². The number of carbonyl (C=O) groups excluding carboxylic acids is 3. The van der Waals surface area contributed by atoms with Crippen LogP contribution in [-0.4, -0.2) is 45.1 Å². The lowest BCUT2D eigenvalue weighted by atomic mass is 10.4. The van der Waals surface area contributed by atoms with Gasteiger partial charge in [-0.1, -0.05) is 0 Å². The molecule has 0 saturated carbocycles. The number of methoxy groups -OCH3 is 3. The summed E-state index contributed by atoms with van der Waals surface area (Å²) < 4.78 is 12.5. The molecule has 0 saturated heterocycles. The Morgan fingerprint density at radius 3 is 1.57 bits per heavy atom. The number of esters is 2. The molecule has 0 radical (unpaired) electrons. The van der Waals surface area contributed by atoms with E-state index in [1.807, 2.05) is 0 Å². The van der Waals surface area contributed by atoms with Gasteiger partial charge in [0.05, 0.1) is 21.3 Å². The third kappa shape index (κ3) is 3.21. The van der Waals surface area contributed by atoms with Gasteiger partial charge in [-0.2, -0.15) is 4.99 Å². The number of amides is 1. The summed E-state index contributed by atoms with van der Waals surface area (Å²) in [5.41, 5.74) is -0.762. The monoisotopic (exact) mass is 203 g/mol. The van der Waals surface area contributed by atoms with Gasteiger partial charge in [-0.15, -0.1) is 0 Å². The van der Waals surface area contributed by atoms with E-state index >= 15 is 0 Å². The van der Waals surface area contributed by atoms with Crippen LogP contribution in [0.15, 0.2) is 4.99 Å². The molecule has 0 aliphatic heterocycles. The Balaban J connectivity index is 4.90.